The van der Waals surface area contributed by atoms with Gasteiger partial charge in [-0.1, -0.05) is 11.6 Å². The number of nitrogens with zero attached hydrogens (tertiary/aromatic N) is 2. The number of rotatable bonds is 2. The largest absolute Gasteiger partial charge is 0.465 e. The number of anilines is 2. The van der Waals surface area contributed by atoms with Gasteiger partial charge in [-0.15, -0.1) is 0 Å². The molecule has 1 heterocycles. The minimum atomic E-state index is -1.01. The van der Waals surface area contributed by atoms with E-state index in [-0.39, 0.29) is 0 Å². The third-order valence-electron chi connectivity index (χ3n) is 3.95. The topological polar surface area (TPSA) is 69.8 Å². The summed E-state index contributed by atoms with van der Waals surface area (Å²) >= 11 is 6.31. The molecule has 0 aromatic heterocycles. The van der Waals surface area contributed by atoms with E-state index in [2.05, 4.69) is 11.9 Å². The molecule has 0 bridgehead atoms. The van der Waals surface area contributed by atoms with Gasteiger partial charge in [0, 0.05) is 12.7 Å². The van der Waals surface area contributed by atoms with Gasteiger partial charge in [0.05, 0.1) is 10.7 Å². The number of nitrogen functional groups attached to an aromatic ring is 1. The Labute approximate surface area is 123 Å². The number of hydrogen-bond donors (Lipinski definition) is 2. The third-order valence-corrected chi connectivity index (χ3v) is 4.38. The van der Waals surface area contributed by atoms with Gasteiger partial charge < -0.3 is 15.7 Å². The van der Waals surface area contributed by atoms with E-state index in [1.807, 2.05) is 6.07 Å². The molecular formula is C14H20ClN3O2. The molecule has 1 saturated heterocycles. The molecule has 0 aliphatic carbocycles. The van der Waals surface area contributed by atoms with Crippen molar-refractivity contribution < 1.29 is 9.90 Å². The average molecular weight is 298 g/mol. The van der Waals surface area contributed by atoms with Gasteiger partial charge >= 0.3 is 6.09 Å². The second-order valence-electron chi connectivity index (χ2n) is 5.36. The van der Waals surface area contributed by atoms with Gasteiger partial charge in [-0.3, -0.25) is 4.90 Å². The van der Waals surface area contributed by atoms with Crippen molar-refractivity contribution in [2.75, 3.05) is 37.8 Å². The summed E-state index contributed by atoms with van der Waals surface area (Å²) in [5.74, 6) is 0.336. The molecule has 0 atom stereocenters. The van der Waals surface area contributed by atoms with Crippen LogP contribution in [0.2, 0.25) is 5.02 Å². The van der Waals surface area contributed by atoms with Gasteiger partial charge in [0.2, 0.25) is 0 Å². The predicted molar refractivity (Wildman–Crippen MR) is 81.8 cm³/mol. The summed E-state index contributed by atoms with van der Waals surface area (Å²) in [6, 6.07) is 3.46. The standard InChI is InChI=1S/C14H20ClN3O2/c1-17-5-3-9(4-6-17)11-7-10(18(2)14(19)20)8-12(16)13(11)15/h7-9H,3-6,16H2,1-2H3,(H,19,20). The van der Waals surface area contributed by atoms with E-state index < -0.39 is 6.09 Å². The van der Waals surface area contributed by atoms with Gasteiger partial charge in [-0.25, -0.2) is 4.79 Å². The van der Waals surface area contributed by atoms with E-state index in [9.17, 15) is 4.79 Å². The first-order valence-corrected chi connectivity index (χ1v) is 7.02. The zero-order chi connectivity index (χ0) is 14.9. The average Bonchev–Trinajstić information content (AvgIpc) is 2.42. The van der Waals surface area contributed by atoms with E-state index in [1.165, 1.54) is 7.05 Å². The maximum absolute atomic E-state index is 11.1. The van der Waals surface area contributed by atoms with E-state index in [0.29, 0.717) is 22.3 Å². The van der Waals surface area contributed by atoms with Crippen LogP contribution in [-0.4, -0.2) is 43.3 Å². The Morgan fingerprint density at radius 3 is 2.60 bits per heavy atom. The first-order chi connectivity index (χ1) is 9.40. The molecule has 1 aliphatic rings. The first kappa shape index (κ1) is 14.9. The van der Waals surface area contributed by atoms with Crippen molar-refractivity contribution in [1.29, 1.82) is 0 Å². The predicted octanol–water partition coefficient (Wildman–Crippen LogP) is 2.85. The van der Waals surface area contributed by atoms with Crippen molar-refractivity contribution in [3.63, 3.8) is 0 Å². The number of halogens is 1. The Bertz CT molecular complexity index is 513. The minimum absolute atomic E-state index is 0.336. The quantitative estimate of drug-likeness (QED) is 0.824. The number of carboxylic acid groups (broad SMARTS) is 1. The Morgan fingerprint density at radius 2 is 2.05 bits per heavy atom. The van der Waals surface area contributed by atoms with E-state index in [0.717, 1.165) is 36.4 Å². The lowest BCUT2D eigenvalue weighted by atomic mass is 9.89. The van der Waals surface area contributed by atoms with Crippen LogP contribution in [0.25, 0.3) is 0 Å². The van der Waals surface area contributed by atoms with Crippen LogP contribution in [0.3, 0.4) is 0 Å². The zero-order valence-electron chi connectivity index (χ0n) is 11.8. The fourth-order valence-corrected chi connectivity index (χ4v) is 2.84. The molecule has 3 N–H and O–H groups in total. The Balaban J connectivity index is 2.34. The van der Waals surface area contributed by atoms with Crippen molar-refractivity contribution in [3.8, 4) is 0 Å². The highest BCUT2D eigenvalue weighted by atomic mass is 35.5. The first-order valence-electron chi connectivity index (χ1n) is 6.64. The molecule has 2 rings (SSSR count). The van der Waals surface area contributed by atoms with Gasteiger partial charge in [-0.05, 0) is 56.6 Å². The van der Waals surface area contributed by atoms with Gasteiger partial charge in [0.25, 0.3) is 0 Å². The molecule has 0 saturated carbocycles. The lowest BCUT2D eigenvalue weighted by Crippen LogP contribution is -2.29. The molecule has 1 fully saturated rings. The van der Waals surface area contributed by atoms with Gasteiger partial charge in [-0.2, -0.15) is 0 Å². The maximum Gasteiger partial charge on any atom is 0.411 e. The molecule has 1 aromatic carbocycles. The Morgan fingerprint density at radius 1 is 1.45 bits per heavy atom. The number of likely N-dealkylation sites (tertiary alicyclic amines) is 1. The highest BCUT2D eigenvalue weighted by Gasteiger charge is 2.23. The normalized spacial score (nSPS) is 17.1. The van der Waals surface area contributed by atoms with Crippen LogP contribution in [0.4, 0.5) is 16.2 Å². The molecule has 1 aromatic rings. The molecule has 1 amide bonds. The van der Waals surface area contributed by atoms with Crippen molar-refractivity contribution in [3.05, 3.63) is 22.7 Å². The van der Waals surface area contributed by atoms with Crippen molar-refractivity contribution in [2.45, 2.75) is 18.8 Å². The van der Waals surface area contributed by atoms with Crippen LogP contribution in [0.5, 0.6) is 0 Å². The molecule has 6 heteroatoms. The summed E-state index contributed by atoms with van der Waals surface area (Å²) in [4.78, 5) is 14.5. The highest BCUT2D eigenvalue weighted by molar-refractivity contribution is 6.34. The summed E-state index contributed by atoms with van der Waals surface area (Å²) in [6.07, 6.45) is 1.01. The summed E-state index contributed by atoms with van der Waals surface area (Å²) in [5, 5.41) is 9.63. The lowest BCUT2D eigenvalue weighted by molar-refractivity contribution is 0.203. The number of amides is 1. The van der Waals surface area contributed by atoms with Crippen molar-refractivity contribution in [2.24, 2.45) is 0 Å². The van der Waals surface area contributed by atoms with Crippen LogP contribution >= 0.6 is 11.6 Å². The van der Waals surface area contributed by atoms with E-state index in [4.69, 9.17) is 22.4 Å². The Kier molecular flexibility index (Phi) is 4.40. The molecule has 20 heavy (non-hydrogen) atoms. The van der Waals surface area contributed by atoms with Crippen molar-refractivity contribution >= 4 is 29.1 Å². The van der Waals surface area contributed by atoms with Gasteiger partial charge in [0.1, 0.15) is 0 Å². The summed E-state index contributed by atoms with van der Waals surface area (Å²) < 4.78 is 0. The fourth-order valence-electron chi connectivity index (χ4n) is 2.57. The summed E-state index contributed by atoms with van der Waals surface area (Å²) in [7, 11) is 3.60. The molecule has 0 unspecified atom stereocenters. The highest BCUT2D eigenvalue weighted by Crippen LogP contribution is 2.38. The van der Waals surface area contributed by atoms with Gasteiger partial charge in [0.15, 0.2) is 0 Å². The summed E-state index contributed by atoms with van der Waals surface area (Å²) in [5.41, 5.74) is 7.89. The molecule has 0 spiro atoms. The number of hydrogen-bond acceptors (Lipinski definition) is 3. The zero-order valence-corrected chi connectivity index (χ0v) is 12.5. The van der Waals surface area contributed by atoms with Crippen LogP contribution in [-0.2, 0) is 0 Å². The second-order valence-corrected chi connectivity index (χ2v) is 5.74. The second kappa shape index (κ2) is 5.89. The molecule has 110 valence electrons. The molecule has 0 radical (unpaired) electrons. The van der Waals surface area contributed by atoms with Crippen LogP contribution in [0, 0.1) is 0 Å². The molecule has 1 aliphatic heterocycles. The number of piperidine rings is 1. The molecule has 5 nitrogen and oxygen atoms in total. The van der Waals surface area contributed by atoms with E-state index >= 15 is 0 Å². The number of nitrogens with two attached hydrogens (primary N) is 1. The fraction of sp³-hybridized carbons (Fsp3) is 0.500. The van der Waals surface area contributed by atoms with E-state index in [1.54, 1.807) is 6.07 Å². The van der Waals surface area contributed by atoms with Crippen LogP contribution in [0.1, 0.15) is 24.3 Å². The minimum Gasteiger partial charge on any atom is -0.465 e. The number of benzene rings is 1. The lowest BCUT2D eigenvalue weighted by Gasteiger charge is -2.30. The van der Waals surface area contributed by atoms with Crippen LogP contribution in [0.15, 0.2) is 12.1 Å². The smallest absolute Gasteiger partial charge is 0.411 e. The maximum atomic E-state index is 11.1. The van der Waals surface area contributed by atoms with Crippen molar-refractivity contribution in [1.82, 2.24) is 4.90 Å². The molecular weight excluding hydrogens is 278 g/mol. The monoisotopic (exact) mass is 297 g/mol. The van der Waals surface area contributed by atoms with Crippen LogP contribution < -0.4 is 10.6 Å². The third kappa shape index (κ3) is 2.99. The number of carbonyl (C=O) groups is 1. The SMILES string of the molecule is CN1CCC(c2cc(N(C)C(=O)O)cc(N)c2Cl)CC1. The Hall–Kier alpha value is -1.46. The summed E-state index contributed by atoms with van der Waals surface area (Å²) in [6.45, 7) is 2.03.